The first kappa shape index (κ1) is 14.8. The van der Waals surface area contributed by atoms with Gasteiger partial charge in [-0.15, -0.1) is 0 Å². The first-order valence-electron chi connectivity index (χ1n) is 6.23. The smallest absolute Gasteiger partial charge is 0.376 e. The van der Waals surface area contributed by atoms with E-state index in [9.17, 15) is 9.59 Å². The van der Waals surface area contributed by atoms with Crippen LogP contribution in [0, 0.1) is 13.8 Å². The number of aromatic nitrogens is 1. The van der Waals surface area contributed by atoms with Gasteiger partial charge in [0.2, 0.25) is 17.3 Å². The fourth-order valence-corrected chi connectivity index (χ4v) is 1.78. The molecule has 0 N–H and O–H groups in total. The van der Waals surface area contributed by atoms with Crippen molar-refractivity contribution < 1.29 is 23.5 Å². The maximum Gasteiger partial charge on any atom is 0.376 e. The van der Waals surface area contributed by atoms with Gasteiger partial charge < -0.3 is 13.9 Å². The molecule has 0 aliphatic rings. The highest BCUT2D eigenvalue weighted by Crippen LogP contribution is 2.25. The fourth-order valence-electron chi connectivity index (χ4n) is 1.78. The minimum atomic E-state index is -0.780. The summed E-state index contributed by atoms with van der Waals surface area (Å²) in [5, 5.41) is 0. The molecule has 1 heterocycles. The lowest BCUT2D eigenvalue weighted by Crippen LogP contribution is -2.10. The maximum absolute atomic E-state index is 11.7. The molecule has 0 atom stereocenters. The second-order valence-corrected chi connectivity index (χ2v) is 4.48. The summed E-state index contributed by atoms with van der Waals surface area (Å²) in [6, 6.07) is 5.57. The van der Waals surface area contributed by atoms with Crippen LogP contribution in [0.3, 0.4) is 0 Å². The van der Waals surface area contributed by atoms with Gasteiger partial charge in [0.1, 0.15) is 0 Å². The van der Waals surface area contributed by atoms with Crippen LogP contribution >= 0.6 is 0 Å². The summed E-state index contributed by atoms with van der Waals surface area (Å²) in [6.45, 7) is 3.93. The highest BCUT2D eigenvalue weighted by atomic mass is 16.5. The van der Waals surface area contributed by atoms with Crippen molar-refractivity contribution in [1.29, 1.82) is 0 Å². The average Bonchev–Trinajstić information content (AvgIpc) is 2.93. The lowest BCUT2D eigenvalue weighted by Gasteiger charge is -2.01. The number of methoxy groups -OCH3 is 2. The van der Waals surface area contributed by atoms with E-state index in [4.69, 9.17) is 4.42 Å². The number of aryl methyl sites for hydroxylation is 2. The second kappa shape index (κ2) is 5.78. The molecular weight excluding hydrogens is 274 g/mol. The Hall–Kier alpha value is -2.63. The van der Waals surface area contributed by atoms with E-state index in [1.807, 2.05) is 26.0 Å². The molecule has 0 aliphatic carbocycles. The molecule has 0 bridgehead atoms. The van der Waals surface area contributed by atoms with Crippen LogP contribution in [0.2, 0.25) is 0 Å². The number of hydrogen-bond acceptors (Lipinski definition) is 6. The van der Waals surface area contributed by atoms with Gasteiger partial charge >= 0.3 is 11.9 Å². The van der Waals surface area contributed by atoms with E-state index in [0.29, 0.717) is 5.56 Å². The van der Waals surface area contributed by atoms with Crippen LogP contribution in [0.5, 0.6) is 0 Å². The van der Waals surface area contributed by atoms with Crippen LogP contribution in [-0.4, -0.2) is 31.1 Å². The lowest BCUT2D eigenvalue weighted by atomic mass is 10.1. The minimum Gasteiger partial charge on any atom is -0.464 e. The van der Waals surface area contributed by atoms with Gasteiger partial charge in [-0.05, 0) is 37.1 Å². The van der Waals surface area contributed by atoms with Gasteiger partial charge in [-0.1, -0.05) is 6.07 Å². The van der Waals surface area contributed by atoms with E-state index in [-0.39, 0.29) is 17.3 Å². The molecule has 1 aromatic carbocycles. The van der Waals surface area contributed by atoms with Crippen molar-refractivity contribution in [3.05, 3.63) is 40.8 Å². The van der Waals surface area contributed by atoms with Gasteiger partial charge in [0.25, 0.3) is 0 Å². The normalized spacial score (nSPS) is 10.3. The molecule has 110 valence electrons. The van der Waals surface area contributed by atoms with Crippen molar-refractivity contribution in [2.24, 2.45) is 0 Å². The highest BCUT2D eigenvalue weighted by molar-refractivity contribution is 6.00. The van der Waals surface area contributed by atoms with Crippen LogP contribution in [-0.2, 0) is 9.47 Å². The van der Waals surface area contributed by atoms with E-state index >= 15 is 0 Å². The molecule has 0 spiro atoms. The quantitative estimate of drug-likeness (QED) is 0.808. The molecule has 21 heavy (non-hydrogen) atoms. The largest absolute Gasteiger partial charge is 0.464 e. The molecule has 1 aromatic heterocycles. The third kappa shape index (κ3) is 2.79. The Labute approximate surface area is 121 Å². The summed E-state index contributed by atoms with van der Waals surface area (Å²) < 4.78 is 14.6. The number of oxazole rings is 1. The van der Waals surface area contributed by atoms with E-state index in [1.54, 1.807) is 6.07 Å². The summed E-state index contributed by atoms with van der Waals surface area (Å²) >= 11 is 0. The molecule has 6 nitrogen and oxygen atoms in total. The zero-order valence-electron chi connectivity index (χ0n) is 12.2. The van der Waals surface area contributed by atoms with Crippen molar-refractivity contribution in [3.8, 4) is 11.5 Å². The van der Waals surface area contributed by atoms with Crippen LogP contribution in [0.15, 0.2) is 22.6 Å². The fraction of sp³-hybridized carbons (Fsp3) is 0.267. The van der Waals surface area contributed by atoms with Gasteiger partial charge in [0, 0.05) is 5.56 Å². The molecule has 6 heteroatoms. The second-order valence-electron chi connectivity index (χ2n) is 4.48. The van der Waals surface area contributed by atoms with E-state index in [0.717, 1.165) is 11.1 Å². The Kier molecular flexibility index (Phi) is 4.07. The van der Waals surface area contributed by atoms with E-state index in [2.05, 4.69) is 14.5 Å². The molecule has 0 fully saturated rings. The van der Waals surface area contributed by atoms with Crippen molar-refractivity contribution in [1.82, 2.24) is 4.98 Å². The number of benzene rings is 1. The Morgan fingerprint density at radius 1 is 1.05 bits per heavy atom. The third-order valence-corrected chi connectivity index (χ3v) is 3.13. The summed E-state index contributed by atoms with van der Waals surface area (Å²) in [7, 11) is 2.40. The number of carbonyl (C=O) groups is 2. The number of rotatable bonds is 3. The first-order chi connectivity index (χ1) is 9.97. The zero-order valence-corrected chi connectivity index (χ0v) is 12.2. The number of ether oxygens (including phenoxy) is 2. The zero-order chi connectivity index (χ0) is 15.6. The van der Waals surface area contributed by atoms with Crippen molar-refractivity contribution in [2.75, 3.05) is 14.2 Å². The molecule has 0 amide bonds. The molecule has 0 radical (unpaired) electrons. The minimum absolute atomic E-state index is 0.166. The molecule has 2 rings (SSSR count). The monoisotopic (exact) mass is 289 g/mol. The number of carbonyl (C=O) groups excluding carboxylic acids is 2. The summed E-state index contributed by atoms with van der Waals surface area (Å²) in [5.41, 5.74) is 2.63. The molecule has 2 aromatic rings. The van der Waals surface area contributed by atoms with Crippen LogP contribution < -0.4 is 0 Å². The van der Waals surface area contributed by atoms with Crippen LogP contribution in [0.4, 0.5) is 0 Å². The number of hydrogen-bond donors (Lipinski definition) is 0. The Morgan fingerprint density at radius 3 is 2.29 bits per heavy atom. The Bertz CT molecular complexity index is 669. The van der Waals surface area contributed by atoms with Gasteiger partial charge in [-0.2, -0.15) is 0 Å². The van der Waals surface area contributed by atoms with E-state index < -0.39 is 11.9 Å². The van der Waals surface area contributed by atoms with Gasteiger partial charge in [-0.25, -0.2) is 14.6 Å². The highest BCUT2D eigenvalue weighted by Gasteiger charge is 2.27. The van der Waals surface area contributed by atoms with Gasteiger partial charge in [-0.3, -0.25) is 0 Å². The third-order valence-electron chi connectivity index (χ3n) is 3.13. The molecule has 0 saturated carbocycles. The summed E-state index contributed by atoms with van der Waals surface area (Å²) in [4.78, 5) is 27.4. The van der Waals surface area contributed by atoms with Crippen molar-refractivity contribution in [2.45, 2.75) is 13.8 Å². The first-order valence-corrected chi connectivity index (χ1v) is 6.23. The van der Waals surface area contributed by atoms with Crippen LogP contribution in [0.25, 0.3) is 11.5 Å². The standard InChI is InChI=1S/C15H15NO5/c1-8-5-6-10(7-9(8)2)13-16-11(14(17)19-3)12(21-13)15(18)20-4/h5-7H,1-4H3. The van der Waals surface area contributed by atoms with Gasteiger partial charge in [0.15, 0.2) is 0 Å². The number of esters is 2. The van der Waals surface area contributed by atoms with Gasteiger partial charge in [0.05, 0.1) is 14.2 Å². The van der Waals surface area contributed by atoms with Crippen molar-refractivity contribution in [3.63, 3.8) is 0 Å². The van der Waals surface area contributed by atoms with Crippen molar-refractivity contribution >= 4 is 11.9 Å². The maximum atomic E-state index is 11.7. The Balaban J connectivity index is 2.55. The topological polar surface area (TPSA) is 78.6 Å². The molecule has 0 saturated heterocycles. The molecular formula is C15H15NO5. The van der Waals surface area contributed by atoms with E-state index in [1.165, 1.54) is 14.2 Å². The average molecular weight is 289 g/mol. The Morgan fingerprint density at radius 2 is 1.71 bits per heavy atom. The predicted molar refractivity (Wildman–Crippen MR) is 74.1 cm³/mol. The molecule has 0 aliphatic heterocycles. The summed E-state index contributed by atoms with van der Waals surface area (Å²) in [6.07, 6.45) is 0. The van der Waals surface area contributed by atoms with Crippen LogP contribution in [0.1, 0.15) is 32.2 Å². The SMILES string of the molecule is COC(=O)c1nc(-c2ccc(C)c(C)c2)oc1C(=O)OC. The lowest BCUT2D eigenvalue weighted by molar-refractivity contribution is 0.0527. The predicted octanol–water partition coefficient (Wildman–Crippen LogP) is 2.53. The molecule has 0 unspecified atom stereocenters. The summed E-state index contributed by atoms with van der Waals surface area (Å²) in [5.74, 6) is -1.64. The number of nitrogens with zero attached hydrogens (tertiary/aromatic N) is 1.